The standard InChI is InChI=1S/C29H40NO5/c1-6-8-18-30(4,5)19-20-34-29(33)23(7-2)21-22(3)28(32)35-26-16-14-25(15-17-26)27(31)24-12-10-9-11-13-24/h9-17,22-23H,6-8,18-21H2,1-5H3/q+1. The van der Waals surface area contributed by atoms with Gasteiger partial charge in [0.15, 0.2) is 5.78 Å². The number of hydrogen-bond donors (Lipinski definition) is 0. The van der Waals surface area contributed by atoms with Crippen LogP contribution in [0.2, 0.25) is 0 Å². The van der Waals surface area contributed by atoms with Gasteiger partial charge in [0, 0.05) is 11.1 Å². The number of esters is 2. The van der Waals surface area contributed by atoms with Gasteiger partial charge in [0.2, 0.25) is 0 Å². The zero-order valence-electron chi connectivity index (χ0n) is 21.8. The van der Waals surface area contributed by atoms with E-state index in [0.29, 0.717) is 36.3 Å². The summed E-state index contributed by atoms with van der Waals surface area (Å²) in [5.41, 5.74) is 1.13. The molecule has 190 valence electrons. The number of hydrogen-bond acceptors (Lipinski definition) is 5. The van der Waals surface area contributed by atoms with E-state index in [2.05, 4.69) is 21.0 Å². The normalized spacial score (nSPS) is 13.1. The SMILES string of the molecule is CCCC[N+](C)(C)CCOC(=O)C(CC)CC(C)C(=O)Oc1ccc(C(=O)c2ccccc2)cc1. The first-order valence-electron chi connectivity index (χ1n) is 12.6. The van der Waals surface area contributed by atoms with Crippen LogP contribution in [-0.4, -0.2) is 56.0 Å². The highest BCUT2D eigenvalue weighted by Gasteiger charge is 2.26. The number of rotatable bonds is 14. The number of unbranched alkanes of at least 4 members (excludes halogenated alkanes) is 1. The van der Waals surface area contributed by atoms with Crippen LogP contribution in [0.15, 0.2) is 54.6 Å². The van der Waals surface area contributed by atoms with Crippen LogP contribution in [-0.2, 0) is 14.3 Å². The molecule has 2 aromatic carbocycles. The first-order valence-corrected chi connectivity index (χ1v) is 12.6. The van der Waals surface area contributed by atoms with Gasteiger partial charge >= 0.3 is 11.9 Å². The summed E-state index contributed by atoms with van der Waals surface area (Å²) in [4.78, 5) is 37.8. The maximum Gasteiger partial charge on any atom is 0.314 e. The molecule has 0 amide bonds. The van der Waals surface area contributed by atoms with Gasteiger partial charge in [0.1, 0.15) is 18.9 Å². The molecule has 0 spiro atoms. The van der Waals surface area contributed by atoms with Gasteiger partial charge in [-0.1, -0.05) is 57.5 Å². The molecule has 2 unspecified atom stereocenters. The molecule has 0 aliphatic carbocycles. The van der Waals surface area contributed by atoms with E-state index in [1.165, 1.54) is 0 Å². The summed E-state index contributed by atoms with van der Waals surface area (Å²) in [6, 6.07) is 15.5. The van der Waals surface area contributed by atoms with Gasteiger partial charge < -0.3 is 14.0 Å². The van der Waals surface area contributed by atoms with Gasteiger partial charge in [-0.3, -0.25) is 14.4 Å². The van der Waals surface area contributed by atoms with E-state index >= 15 is 0 Å². The number of quaternary nitrogens is 1. The van der Waals surface area contributed by atoms with Crippen LogP contribution in [0.5, 0.6) is 5.75 Å². The molecular formula is C29H40NO5+. The molecule has 0 saturated carbocycles. The molecule has 0 N–H and O–H groups in total. The van der Waals surface area contributed by atoms with Crippen molar-refractivity contribution in [2.24, 2.45) is 11.8 Å². The average molecular weight is 483 g/mol. The fourth-order valence-corrected chi connectivity index (χ4v) is 3.81. The van der Waals surface area contributed by atoms with Crippen LogP contribution in [0.3, 0.4) is 0 Å². The highest BCUT2D eigenvalue weighted by molar-refractivity contribution is 6.09. The molecule has 0 aliphatic rings. The molecule has 2 atom stereocenters. The minimum Gasteiger partial charge on any atom is -0.459 e. The lowest BCUT2D eigenvalue weighted by atomic mass is 9.94. The number of benzene rings is 2. The third-order valence-electron chi connectivity index (χ3n) is 6.30. The Kier molecular flexibility index (Phi) is 11.1. The zero-order valence-corrected chi connectivity index (χ0v) is 21.8. The minimum atomic E-state index is -0.463. The van der Waals surface area contributed by atoms with Gasteiger partial charge in [-0.2, -0.15) is 0 Å². The lowest BCUT2D eigenvalue weighted by molar-refractivity contribution is -0.890. The van der Waals surface area contributed by atoms with Crippen molar-refractivity contribution in [3.63, 3.8) is 0 Å². The Labute approximate surface area is 209 Å². The number of ketones is 1. The summed E-state index contributed by atoms with van der Waals surface area (Å²) in [6.45, 7) is 8.04. The molecule has 2 aromatic rings. The topological polar surface area (TPSA) is 69.7 Å². The summed E-state index contributed by atoms with van der Waals surface area (Å²) in [7, 11) is 4.28. The Hall–Kier alpha value is -2.99. The van der Waals surface area contributed by atoms with Crippen molar-refractivity contribution < 1.29 is 28.3 Å². The number of carbonyl (C=O) groups excluding carboxylic acids is 3. The summed E-state index contributed by atoms with van der Waals surface area (Å²) in [5.74, 6) is -1.20. The van der Waals surface area contributed by atoms with E-state index in [4.69, 9.17) is 9.47 Å². The highest BCUT2D eigenvalue weighted by atomic mass is 16.5. The third kappa shape index (κ3) is 9.29. The van der Waals surface area contributed by atoms with Gasteiger partial charge in [0.05, 0.1) is 32.5 Å². The van der Waals surface area contributed by atoms with Crippen LogP contribution >= 0.6 is 0 Å². The predicted molar refractivity (Wildman–Crippen MR) is 137 cm³/mol. The van der Waals surface area contributed by atoms with E-state index in [1.807, 2.05) is 25.1 Å². The van der Waals surface area contributed by atoms with E-state index in [1.54, 1.807) is 43.3 Å². The molecule has 0 heterocycles. The molecule has 0 radical (unpaired) electrons. The van der Waals surface area contributed by atoms with Crippen molar-refractivity contribution >= 4 is 17.7 Å². The first kappa shape index (κ1) is 28.2. The van der Waals surface area contributed by atoms with Gasteiger partial charge in [-0.05, 0) is 43.5 Å². The highest BCUT2D eigenvalue weighted by Crippen LogP contribution is 2.21. The molecule has 0 aliphatic heterocycles. The molecule has 2 rings (SSSR count). The lowest BCUT2D eigenvalue weighted by Gasteiger charge is -2.29. The average Bonchev–Trinajstić information content (AvgIpc) is 2.86. The number of carbonyl (C=O) groups is 3. The quantitative estimate of drug-likeness (QED) is 0.158. The second kappa shape index (κ2) is 13.8. The van der Waals surface area contributed by atoms with E-state index < -0.39 is 11.9 Å². The van der Waals surface area contributed by atoms with Crippen molar-refractivity contribution in [3.05, 3.63) is 65.7 Å². The van der Waals surface area contributed by atoms with Gasteiger partial charge in [-0.15, -0.1) is 0 Å². The Bertz CT molecular complexity index is 953. The number of ether oxygens (including phenoxy) is 2. The van der Waals surface area contributed by atoms with Crippen LogP contribution in [0.25, 0.3) is 0 Å². The van der Waals surface area contributed by atoms with Gasteiger partial charge in [0.25, 0.3) is 0 Å². The second-order valence-corrected chi connectivity index (χ2v) is 9.79. The largest absolute Gasteiger partial charge is 0.459 e. The Morgan fingerprint density at radius 2 is 1.49 bits per heavy atom. The second-order valence-electron chi connectivity index (χ2n) is 9.79. The van der Waals surface area contributed by atoms with Crippen molar-refractivity contribution in [1.29, 1.82) is 0 Å². The summed E-state index contributed by atoms with van der Waals surface area (Å²) in [6.07, 6.45) is 3.25. The molecule has 6 nitrogen and oxygen atoms in total. The molecule has 0 bridgehead atoms. The van der Waals surface area contributed by atoms with Crippen molar-refractivity contribution in [2.75, 3.05) is 33.8 Å². The van der Waals surface area contributed by atoms with Crippen molar-refractivity contribution in [2.45, 2.75) is 46.5 Å². The van der Waals surface area contributed by atoms with Crippen molar-refractivity contribution in [1.82, 2.24) is 0 Å². The Balaban J connectivity index is 1.85. The third-order valence-corrected chi connectivity index (χ3v) is 6.30. The van der Waals surface area contributed by atoms with Crippen molar-refractivity contribution in [3.8, 4) is 5.75 Å². The zero-order chi connectivity index (χ0) is 25.8. The lowest BCUT2D eigenvalue weighted by Crippen LogP contribution is -2.43. The first-order chi connectivity index (χ1) is 16.7. The molecule has 35 heavy (non-hydrogen) atoms. The maximum absolute atomic E-state index is 12.6. The predicted octanol–water partition coefficient (Wildman–Crippen LogP) is 5.30. The number of nitrogens with zero attached hydrogens (tertiary/aromatic N) is 1. The van der Waals surface area contributed by atoms with E-state index in [9.17, 15) is 14.4 Å². The van der Waals surface area contributed by atoms with E-state index in [0.717, 1.165) is 30.4 Å². The van der Waals surface area contributed by atoms with Crippen LogP contribution in [0, 0.1) is 11.8 Å². The smallest absolute Gasteiger partial charge is 0.314 e. The molecule has 0 aromatic heterocycles. The molecule has 0 fully saturated rings. The summed E-state index contributed by atoms with van der Waals surface area (Å²) >= 11 is 0. The van der Waals surface area contributed by atoms with Crippen LogP contribution in [0.1, 0.15) is 62.4 Å². The van der Waals surface area contributed by atoms with E-state index in [-0.39, 0.29) is 17.7 Å². The summed E-state index contributed by atoms with van der Waals surface area (Å²) in [5, 5.41) is 0. The Morgan fingerprint density at radius 1 is 0.857 bits per heavy atom. The molecular weight excluding hydrogens is 442 g/mol. The fraction of sp³-hybridized carbons (Fsp3) is 0.483. The molecule has 6 heteroatoms. The Morgan fingerprint density at radius 3 is 2.09 bits per heavy atom. The van der Waals surface area contributed by atoms with Gasteiger partial charge in [-0.25, -0.2) is 0 Å². The minimum absolute atomic E-state index is 0.0892. The van der Waals surface area contributed by atoms with Crippen LogP contribution < -0.4 is 4.74 Å². The number of likely N-dealkylation sites (N-methyl/N-ethyl adjacent to an activating group) is 1. The van der Waals surface area contributed by atoms with Crippen LogP contribution in [0.4, 0.5) is 0 Å². The maximum atomic E-state index is 12.6. The molecule has 0 saturated heterocycles. The monoisotopic (exact) mass is 482 g/mol. The fourth-order valence-electron chi connectivity index (χ4n) is 3.81. The summed E-state index contributed by atoms with van der Waals surface area (Å²) < 4.78 is 11.9.